The Balaban J connectivity index is 1.38. The first-order valence-electron chi connectivity index (χ1n) is 9.39. The summed E-state index contributed by atoms with van der Waals surface area (Å²) in [5.74, 6) is 0.556. The van der Waals surface area contributed by atoms with E-state index in [1.54, 1.807) is 0 Å². The maximum Gasteiger partial charge on any atom is 0.268 e. The Morgan fingerprint density at radius 3 is 2.48 bits per heavy atom. The molecule has 0 atom stereocenters. The standard InChI is InChI=1S/C19H25N3O3/c1-11-16-14(3-2-4-15(16)23)21-17(11)18(24)20-13-7-9-22(10-8-13)19(25)12-5-6-12/h12-13,21H,2-10H2,1H3,(H,20,24). The number of nitrogens with zero attached hydrogens (tertiary/aromatic N) is 1. The van der Waals surface area contributed by atoms with E-state index in [1.807, 2.05) is 11.8 Å². The molecule has 1 aromatic rings. The second-order valence-electron chi connectivity index (χ2n) is 7.60. The minimum absolute atomic E-state index is 0.0891. The van der Waals surface area contributed by atoms with Crippen LogP contribution in [0.25, 0.3) is 0 Å². The summed E-state index contributed by atoms with van der Waals surface area (Å²) in [5, 5.41) is 3.08. The Labute approximate surface area is 147 Å². The lowest BCUT2D eigenvalue weighted by Gasteiger charge is -2.32. The van der Waals surface area contributed by atoms with Crippen LogP contribution in [0.4, 0.5) is 0 Å². The number of amides is 2. The monoisotopic (exact) mass is 343 g/mol. The SMILES string of the molecule is Cc1c(C(=O)NC2CCN(C(=O)C3CC3)CC2)[nH]c2c1C(=O)CCC2. The topological polar surface area (TPSA) is 82.3 Å². The molecule has 3 aliphatic rings. The fourth-order valence-corrected chi connectivity index (χ4v) is 4.09. The van der Waals surface area contributed by atoms with E-state index in [2.05, 4.69) is 10.3 Å². The zero-order chi connectivity index (χ0) is 17.6. The first-order chi connectivity index (χ1) is 12.0. The second kappa shape index (κ2) is 6.32. The molecule has 0 spiro atoms. The summed E-state index contributed by atoms with van der Waals surface area (Å²) < 4.78 is 0. The number of piperidine rings is 1. The Kier molecular flexibility index (Phi) is 4.13. The molecule has 0 bridgehead atoms. The number of rotatable bonds is 3. The van der Waals surface area contributed by atoms with Crippen molar-refractivity contribution in [2.75, 3.05) is 13.1 Å². The first-order valence-corrected chi connectivity index (χ1v) is 9.39. The molecular weight excluding hydrogens is 318 g/mol. The molecule has 25 heavy (non-hydrogen) atoms. The molecular formula is C19H25N3O3. The van der Waals surface area contributed by atoms with Crippen molar-refractivity contribution in [2.45, 2.75) is 57.9 Å². The van der Waals surface area contributed by atoms with Crippen LogP contribution < -0.4 is 5.32 Å². The first kappa shape index (κ1) is 16.4. The van der Waals surface area contributed by atoms with E-state index in [0.29, 0.717) is 12.1 Å². The van der Waals surface area contributed by atoms with E-state index >= 15 is 0 Å². The highest BCUT2D eigenvalue weighted by molar-refractivity contribution is 6.04. The molecule has 0 unspecified atom stereocenters. The number of carbonyl (C=O) groups excluding carboxylic acids is 3. The summed E-state index contributed by atoms with van der Waals surface area (Å²) in [6, 6.07) is 0.0891. The van der Waals surface area contributed by atoms with Crippen molar-refractivity contribution in [3.05, 3.63) is 22.5 Å². The van der Waals surface area contributed by atoms with Crippen molar-refractivity contribution in [1.82, 2.24) is 15.2 Å². The molecule has 2 N–H and O–H groups in total. The normalized spacial score (nSPS) is 21.2. The zero-order valence-electron chi connectivity index (χ0n) is 14.7. The van der Waals surface area contributed by atoms with Crippen LogP contribution in [0.3, 0.4) is 0 Å². The largest absolute Gasteiger partial charge is 0.354 e. The number of nitrogens with one attached hydrogen (secondary N) is 2. The lowest BCUT2D eigenvalue weighted by molar-refractivity contribution is -0.133. The smallest absolute Gasteiger partial charge is 0.268 e. The Bertz CT molecular complexity index is 725. The summed E-state index contributed by atoms with van der Waals surface area (Å²) in [4.78, 5) is 42.0. The number of ketones is 1. The number of fused-ring (bicyclic) bond motifs is 1. The number of aryl methyl sites for hydroxylation is 1. The Hall–Kier alpha value is -2.11. The number of hydrogen-bond acceptors (Lipinski definition) is 3. The highest BCUT2D eigenvalue weighted by Crippen LogP contribution is 2.32. The number of aromatic amines is 1. The number of Topliss-reactive ketones (excluding diaryl/α,β-unsaturated/α-hetero) is 1. The van der Waals surface area contributed by atoms with Gasteiger partial charge in [-0.05, 0) is 51.0 Å². The average molecular weight is 343 g/mol. The van der Waals surface area contributed by atoms with Crippen LogP contribution in [0.5, 0.6) is 0 Å². The summed E-state index contributed by atoms with van der Waals surface area (Å²) in [6.45, 7) is 3.29. The van der Waals surface area contributed by atoms with Crippen molar-refractivity contribution in [2.24, 2.45) is 5.92 Å². The number of likely N-dealkylation sites (tertiary alicyclic amines) is 1. The third-order valence-corrected chi connectivity index (χ3v) is 5.73. The quantitative estimate of drug-likeness (QED) is 0.880. The van der Waals surface area contributed by atoms with Crippen LogP contribution in [0.15, 0.2) is 0 Å². The molecule has 2 fully saturated rings. The molecule has 0 aromatic carbocycles. The van der Waals surface area contributed by atoms with Gasteiger partial charge in [0.25, 0.3) is 5.91 Å². The van der Waals surface area contributed by atoms with Gasteiger partial charge in [0.05, 0.1) is 0 Å². The van der Waals surface area contributed by atoms with Crippen molar-refractivity contribution in [1.29, 1.82) is 0 Å². The van der Waals surface area contributed by atoms with E-state index in [1.165, 1.54) is 0 Å². The molecule has 1 saturated heterocycles. The van der Waals surface area contributed by atoms with Crippen LogP contribution >= 0.6 is 0 Å². The summed E-state index contributed by atoms with van der Waals surface area (Å²) >= 11 is 0. The van der Waals surface area contributed by atoms with Gasteiger partial charge in [-0.15, -0.1) is 0 Å². The van der Waals surface area contributed by atoms with Crippen molar-refractivity contribution in [3.63, 3.8) is 0 Å². The van der Waals surface area contributed by atoms with Gasteiger partial charge in [0, 0.05) is 42.7 Å². The van der Waals surface area contributed by atoms with E-state index < -0.39 is 0 Å². The van der Waals surface area contributed by atoms with Gasteiger partial charge in [-0.3, -0.25) is 14.4 Å². The molecule has 6 nitrogen and oxygen atoms in total. The van der Waals surface area contributed by atoms with Crippen LogP contribution in [-0.4, -0.2) is 46.6 Å². The van der Waals surface area contributed by atoms with Gasteiger partial charge in [-0.25, -0.2) is 0 Å². The summed E-state index contributed by atoms with van der Waals surface area (Å²) in [5.41, 5.74) is 2.93. The van der Waals surface area contributed by atoms with Gasteiger partial charge in [0.1, 0.15) is 5.69 Å². The summed E-state index contributed by atoms with van der Waals surface area (Å²) in [6.07, 6.45) is 5.90. The molecule has 134 valence electrons. The van der Waals surface area contributed by atoms with Gasteiger partial charge >= 0.3 is 0 Å². The van der Waals surface area contributed by atoms with Crippen molar-refractivity contribution < 1.29 is 14.4 Å². The van der Waals surface area contributed by atoms with Gasteiger partial charge < -0.3 is 15.2 Å². The third-order valence-electron chi connectivity index (χ3n) is 5.73. The number of H-pyrrole nitrogens is 1. The molecule has 0 radical (unpaired) electrons. The molecule has 2 amide bonds. The number of hydrogen-bond donors (Lipinski definition) is 2. The van der Waals surface area contributed by atoms with Crippen LogP contribution in [0, 0.1) is 12.8 Å². The molecule has 2 heterocycles. The van der Waals surface area contributed by atoms with Crippen molar-refractivity contribution in [3.8, 4) is 0 Å². The molecule has 6 heteroatoms. The third kappa shape index (κ3) is 3.10. The fraction of sp³-hybridized carbons (Fsp3) is 0.632. The predicted molar refractivity (Wildman–Crippen MR) is 92.6 cm³/mol. The zero-order valence-corrected chi connectivity index (χ0v) is 14.7. The van der Waals surface area contributed by atoms with E-state index in [-0.39, 0.29) is 29.6 Å². The highest BCUT2D eigenvalue weighted by Gasteiger charge is 2.35. The van der Waals surface area contributed by atoms with Gasteiger partial charge in [-0.2, -0.15) is 0 Å². The predicted octanol–water partition coefficient (Wildman–Crippen LogP) is 1.97. The van der Waals surface area contributed by atoms with Crippen LogP contribution in [-0.2, 0) is 11.2 Å². The minimum atomic E-state index is -0.133. The second-order valence-corrected chi connectivity index (χ2v) is 7.60. The molecule has 1 aliphatic heterocycles. The van der Waals surface area contributed by atoms with Crippen LogP contribution in [0.2, 0.25) is 0 Å². The maximum atomic E-state index is 12.7. The Morgan fingerprint density at radius 1 is 1.12 bits per heavy atom. The number of aromatic nitrogens is 1. The van der Waals surface area contributed by atoms with Crippen molar-refractivity contribution >= 4 is 17.6 Å². The van der Waals surface area contributed by atoms with Gasteiger partial charge in [0.2, 0.25) is 5.91 Å². The maximum absolute atomic E-state index is 12.7. The van der Waals surface area contributed by atoms with Gasteiger partial charge in [0.15, 0.2) is 5.78 Å². The van der Waals surface area contributed by atoms with E-state index in [4.69, 9.17) is 0 Å². The fourth-order valence-electron chi connectivity index (χ4n) is 4.09. The Morgan fingerprint density at radius 2 is 1.84 bits per heavy atom. The van der Waals surface area contributed by atoms with E-state index in [9.17, 15) is 14.4 Å². The number of carbonyl (C=O) groups is 3. The molecule has 2 aliphatic carbocycles. The lowest BCUT2D eigenvalue weighted by atomic mass is 9.93. The van der Waals surface area contributed by atoms with E-state index in [0.717, 1.165) is 68.4 Å². The highest BCUT2D eigenvalue weighted by atomic mass is 16.2. The average Bonchev–Trinajstić information content (AvgIpc) is 3.39. The van der Waals surface area contributed by atoms with Gasteiger partial charge in [-0.1, -0.05) is 0 Å². The minimum Gasteiger partial charge on any atom is -0.354 e. The summed E-state index contributed by atoms with van der Waals surface area (Å²) in [7, 11) is 0. The lowest BCUT2D eigenvalue weighted by Crippen LogP contribution is -2.47. The molecule has 4 rings (SSSR count). The molecule has 1 aromatic heterocycles. The van der Waals surface area contributed by atoms with Crippen LogP contribution in [0.1, 0.15) is 70.6 Å². The molecule has 1 saturated carbocycles.